The molecule has 0 aliphatic carbocycles. The van der Waals surface area contributed by atoms with Crippen LogP contribution in [0, 0.1) is 12.8 Å². The van der Waals surface area contributed by atoms with Crippen molar-refractivity contribution in [3.05, 3.63) is 16.1 Å². The summed E-state index contributed by atoms with van der Waals surface area (Å²) in [5, 5.41) is 4.64. The quantitative estimate of drug-likeness (QED) is 0.273. The minimum Gasteiger partial charge on any atom is -0.356 e. The van der Waals surface area contributed by atoms with E-state index >= 15 is 0 Å². The van der Waals surface area contributed by atoms with Crippen molar-refractivity contribution < 1.29 is 4.79 Å². The van der Waals surface area contributed by atoms with Crippen LogP contribution in [-0.4, -0.2) is 67.4 Å². The van der Waals surface area contributed by atoms with E-state index in [1.165, 1.54) is 24.1 Å². The van der Waals surface area contributed by atoms with E-state index in [-0.39, 0.29) is 36.4 Å². The minimum atomic E-state index is 0. The summed E-state index contributed by atoms with van der Waals surface area (Å²) in [6, 6.07) is 0. The molecule has 8 heteroatoms. The molecule has 1 amide bonds. The predicted molar refractivity (Wildman–Crippen MR) is 131 cm³/mol. The second-order valence-electron chi connectivity index (χ2n) is 7.26. The van der Waals surface area contributed by atoms with Crippen LogP contribution >= 0.6 is 35.3 Å². The van der Waals surface area contributed by atoms with Gasteiger partial charge >= 0.3 is 0 Å². The van der Waals surface area contributed by atoms with E-state index in [9.17, 15) is 4.79 Å². The molecule has 0 aliphatic rings. The summed E-state index contributed by atoms with van der Waals surface area (Å²) < 4.78 is 0. The van der Waals surface area contributed by atoms with Crippen molar-refractivity contribution in [1.82, 2.24) is 20.1 Å². The first-order chi connectivity index (χ1) is 12.9. The van der Waals surface area contributed by atoms with Crippen molar-refractivity contribution in [2.45, 2.75) is 52.9 Å². The number of halogens is 1. The molecule has 0 fully saturated rings. The topological polar surface area (TPSA) is 60.8 Å². The number of nitrogens with zero attached hydrogens (tertiary/aromatic N) is 4. The third-order valence-electron chi connectivity index (χ3n) is 4.65. The Kier molecular flexibility index (Phi) is 14.5. The third kappa shape index (κ3) is 10.6. The first-order valence-electron chi connectivity index (χ1n) is 9.98. The molecule has 1 heterocycles. The molecule has 0 saturated heterocycles. The van der Waals surface area contributed by atoms with Crippen LogP contribution in [-0.2, 0) is 11.2 Å². The van der Waals surface area contributed by atoms with E-state index in [1.54, 1.807) is 30.3 Å². The Labute approximate surface area is 192 Å². The number of unbranched alkanes of at least 4 members (excludes halogenated alkanes) is 1. The van der Waals surface area contributed by atoms with Gasteiger partial charge in [0.2, 0.25) is 5.91 Å². The lowest BCUT2D eigenvalue weighted by atomic mass is 9.99. The van der Waals surface area contributed by atoms with E-state index in [1.807, 2.05) is 13.2 Å². The Hall–Kier alpha value is -0.900. The van der Waals surface area contributed by atoms with E-state index in [0.717, 1.165) is 36.9 Å². The normalized spacial score (nSPS) is 12.3. The fourth-order valence-corrected chi connectivity index (χ4v) is 3.44. The number of carbonyl (C=O) groups is 1. The van der Waals surface area contributed by atoms with Crippen molar-refractivity contribution >= 4 is 47.2 Å². The molecule has 1 N–H and O–H groups in total. The fraction of sp³-hybridized carbons (Fsp3) is 0.750. The highest BCUT2D eigenvalue weighted by Gasteiger charge is 2.13. The van der Waals surface area contributed by atoms with Crippen LogP contribution in [0.4, 0.5) is 0 Å². The molecule has 0 aromatic carbocycles. The zero-order valence-electron chi connectivity index (χ0n) is 18.3. The maximum Gasteiger partial charge on any atom is 0.243 e. The number of amides is 1. The number of likely N-dealkylation sites (N-methyl/N-ethyl adjacent to an activating group) is 2. The molecular weight excluding hydrogens is 485 g/mol. The number of carbonyl (C=O) groups excluding carboxylic acids is 1. The molecule has 1 unspecified atom stereocenters. The van der Waals surface area contributed by atoms with Crippen LogP contribution in [0.3, 0.4) is 0 Å². The van der Waals surface area contributed by atoms with E-state index in [2.05, 4.69) is 41.0 Å². The van der Waals surface area contributed by atoms with Crippen molar-refractivity contribution in [3.63, 3.8) is 0 Å². The van der Waals surface area contributed by atoms with Crippen molar-refractivity contribution in [2.75, 3.05) is 40.8 Å². The van der Waals surface area contributed by atoms with Gasteiger partial charge in [0.15, 0.2) is 5.96 Å². The standard InChI is InChI=1S/C20H37N5OS.HI/c1-7-9-10-17(8-2)14-22-20(23-15-19(26)24(4)5)25(6)12-11-18-21-13-16(3)27-18;/h13,17H,7-12,14-15H2,1-6H3,(H,22,23);1H. The first-order valence-corrected chi connectivity index (χ1v) is 10.8. The summed E-state index contributed by atoms with van der Waals surface area (Å²) in [4.78, 5) is 25.9. The molecule has 162 valence electrons. The van der Waals surface area contributed by atoms with Crippen molar-refractivity contribution in [1.29, 1.82) is 0 Å². The Bertz CT molecular complexity index is 591. The van der Waals surface area contributed by atoms with Gasteiger partial charge in [-0.1, -0.05) is 33.1 Å². The maximum absolute atomic E-state index is 12.0. The van der Waals surface area contributed by atoms with Gasteiger partial charge in [-0.15, -0.1) is 35.3 Å². The maximum atomic E-state index is 12.0. The minimum absolute atomic E-state index is 0. The Morgan fingerprint density at radius 2 is 2.04 bits per heavy atom. The predicted octanol–water partition coefficient (Wildman–Crippen LogP) is 3.79. The molecule has 6 nitrogen and oxygen atoms in total. The molecule has 1 aromatic heterocycles. The van der Waals surface area contributed by atoms with Gasteiger partial charge in [0, 0.05) is 51.7 Å². The van der Waals surface area contributed by atoms with Gasteiger partial charge in [0.1, 0.15) is 6.54 Å². The third-order valence-corrected chi connectivity index (χ3v) is 5.62. The van der Waals surface area contributed by atoms with Crippen LogP contribution in [0.2, 0.25) is 0 Å². The number of hydrogen-bond donors (Lipinski definition) is 1. The summed E-state index contributed by atoms with van der Waals surface area (Å²) in [6.07, 6.45) is 7.66. The number of aryl methyl sites for hydroxylation is 1. The molecular formula is C20H38IN5OS. The van der Waals surface area contributed by atoms with E-state index < -0.39 is 0 Å². The number of nitrogens with one attached hydrogen (secondary N) is 1. The Morgan fingerprint density at radius 3 is 2.57 bits per heavy atom. The fourth-order valence-electron chi connectivity index (χ4n) is 2.66. The number of rotatable bonds is 11. The molecule has 0 saturated carbocycles. The van der Waals surface area contributed by atoms with Crippen molar-refractivity contribution in [2.24, 2.45) is 10.9 Å². The lowest BCUT2D eigenvalue weighted by Crippen LogP contribution is -2.42. The Balaban J connectivity index is 0.00000729. The van der Waals surface area contributed by atoms with Crippen LogP contribution in [0.25, 0.3) is 0 Å². The monoisotopic (exact) mass is 523 g/mol. The van der Waals surface area contributed by atoms with E-state index in [4.69, 9.17) is 0 Å². The highest BCUT2D eigenvalue weighted by molar-refractivity contribution is 14.0. The highest BCUT2D eigenvalue weighted by Crippen LogP contribution is 2.13. The average molecular weight is 524 g/mol. The summed E-state index contributed by atoms with van der Waals surface area (Å²) in [5.74, 6) is 1.44. The second kappa shape index (κ2) is 15.0. The van der Waals surface area contributed by atoms with Gasteiger partial charge in [-0.3, -0.25) is 4.79 Å². The van der Waals surface area contributed by atoms with Gasteiger partial charge in [-0.2, -0.15) is 0 Å². The second-order valence-corrected chi connectivity index (χ2v) is 8.58. The lowest BCUT2D eigenvalue weighted by molar-refractivity contribution is -0.127. The van der Waals surface area contributed by atoms with Crippen LogP contribution < -0.4 is 5.32 Å². The summed E-state index contributed by atoms with van der Waals surface area (Å²) in [6.45, 7) is 8.43. The highest BCUT2D eigenvalue weighted by atomic mass is 127. The smallest absolute Gasteiger partial charge is 0.243 e. The molecule has 0 bridgehead atoms. The Morgan fingerprint density at radius 1 is 1.32 bits per heavy atom. The number of hydrogen-bond acceptors (Lipinski definition) is 4. The lowest BCUT2D eigenvalue weighted by Gasteiger charge is -2.24. The SMILES string of the molecule is CCCCC(CC)CNC(=NCC(=O)N(C)C)N(C)CCc1ncc(C)s1.I. The zero-order chi connectivity index (χ0) is 20.2. The average Bonchev–Trinajstić information content (AvgIpc) is 3.06. The number of thiazole rings is 1. The number of aliphatic imine (C=N–C) groups is 1. The van der Waals surface area contributed by atoms with Crippen LogP contribution in [0.1, 0.15) is 49.4 Å². The number of aromatic nitrogens is 1. The molecule has 1 atom stereocenters. The van der Waals surface area contributed by atoms with Gasteiger partial charge in [0.05, 0.1) is 5.01 Å². The zero-order valence-corrected chi connectivity index (χ0v) is 21.5. The molecule has 0 spiro atoms. The molecule has 0 radical (unpaired) electrons. The first kappa shape index (κ1) is 27.1. The molecule has 1 aromatic rings. The van der Waals surface area contributed by atoms with Crippen LogP contribution in [0.15, 0.2) is 11.2 Å². The van der Waals surface area contributed by atoms with Gasteiger partial charge in [0.25, 0.3) is 0 Å². The van der Waals surface area contributed by atoms with Gasteiger partial charge in [-0.25, -0.2) is 9.98 Å². The molecule has 0 aliphatic heterocycles. The van der Waals surface area contributed by atoms with E-state index in [0.29, 0.717) is 5.92 Å². The van der Waals surface area contributed by atoms with Crippen molar-refractivity contribution in [3.8, 4) is 0 Å². The molecule has 28 heavy (non-hydrogen) atoms. The largest absolute Gasteiger partial charge is 0.356 e. The summed E-state index contributed by atoms with van der Waals surface area (Å²) in [5.41, 5.74) is 0. The number of guanidine groups is 1. The van der Waals surface area contributed by atoms with Gasteiger partial charge < -0.3 is 15.1 Å². The summed E-state index contributed by atoms with van der Waals surface area (Å²) >= 11 is 1.74. The molecule has 1 rings (SSSR count). The summed E-state index contributed by atoms with van der Waals surface area (Å²) in [7, 11) is 5.55. The van der Waals surface area contributed by atoms with Crippen LogP contribution in [0.5, 0.6) is 0 Å². The van der Waals surface area contributed by atoms with Gasteiger partial charge in [-0.05, 0) is 19.3 Å².